The number of carbonyl (C=O) groups excluding carboxylic acids is 1. The Morgan fingerprint density at radius 1 is 1.25 bits per heavy atom. The molecule has 0 N–H and O–H groups in total. The second-order valence-corrected chi connectivity index (χ2v) is 5.47. The highest BCUT2D eigenvalue weighted by Crippen LogP contribution is 2.39. The van der Waals surface area contributed by atoms with Gasteiger partial charge in [-0.25, -0.2) is 0 Å². The summed E-state index contributed by atoms with van der Waals surface area (Å²) in [6.07, 6.45) is 2.88. The van der Waals surface area contributed by atoms with Gasteiger partial charge in [-0.15, -0.1) is 0 Å². The zero-order valence-corrected chi connectivity index (χ0v) is 12.1. The zero-order chi connectivity index (χ0) is 14.3. The Bertz CT molecular complexity index is 647. The summed E-state index contributed by atoms with van der Waals surface area (Å²) in [4.78, 5) is 13.2. The summed E-state index contributed by atoms with van der Waals surface area (Å²) in [6.45, 7) is 4.88. The van der Waals surface area contributed by atoms with Crippen molar-refractivity contribution in [2.45, 2.75) is 25.8 Å². The third-order valence-corrected chi connectivity index (χ3v) is 4.50. The zero-order valence-electron chi connectivity index (χ0n) is 12.1. The number of hydrogen-bond acceptors (Lipinski definition) is 2. The van der Waals surface area contributed by atoms with E-state index in [-0.39, 0.29) is 12.0 Å². The van der Waals surface area contributed by atoms with E-state index in [1.165, 1.54) is 16.7 Å². The highest BCUT2D eigenvalue weighted by molar-refractivity contribution is 5.53. The molecule has 0 spiro atoms. The van der Waals surface area contributed by atoms with Gasteiger partial charge in [-0.2, -0.15) is 5.10 Å². The minimum Gasteiger partial charge on any atom is -0.338 e. The lowest BCUT2D eigenvalue weighted by atomic mass is 9.82. The Kier molecular flexibility index (Phi) is 3.08. The van der Waals surface area contributed by atoms with Crippen molar-refractivity contribution >= 4 is 6.41 Å². The molecule has 20 heavy (non-hydrogen) atoms. The van der Waals surface area contributed by atoms with Gasteiger partial charge in [0.15, 0.2) is 0 Å². The summed E-state index contributed by atoms with van der Waals surface area (Å²) in [5.74, 6) is 0.210. The van der Waals surface area contributed by atoms with E-state index in [9.17, 15) is 4.79 Å². The SMILES string of the molecule is Cc1c([C@H]2CN(C=O)[C@@H](C)c3ccccc32)cnn1C. The van der Waals surface area contributed by atoms with E-state index in [1.807, 2.05) is 28.9 Å². The van der Waals surface area contributed by atoms with Gasteiger partial charge in [-0.05, 0) is 25.0 Å². The molecule has 1 aliphatic heterocycles. The van der Waals surface area contributed by atoms with E-state index in [4.69, 9.17) is 0 Å². The number of hydrogen-bond donors (Lipinski definition) is 0. The van der Waals surface area contributed by atoms with Crippen LogP contribution in [0.15, 0.2) is 30.5 Å². The number of carbonyl (C=O) groups is 1. The van der Waals surface area contributed by atoms with Crippen LogP contribution < -0.4 is 0 Å². The highest BCUT2D eigenvalue weighted by atomic mass is 16.1. The minimum absolute atomic E-state index is 0.136. The molecule has 0 saturated carbocycles. The van der Waals surface area contributed by atoms with E-state index in [1.54, 1.807) is 0 Å². The summed E-state index contributed by atoms with van der Waals surface area (Å²) in [5, 5.41) is 4.34. The summed E-state index contributed by atoms with van der Waals surface area (Å²) in [5.41, 5.74) is 4.91. The van der Waals surface area contributed by atoms with Crippen LogP contribution in [-0.2, 0) is 11.8 Å². The Morgan fingerprint density at radius 2 is 1.95 bits per heavy atom. The Balaban J connectivity index is 2.14. The maximum Gasteiger partial charge on any atom is 0.210 e. The molecule has 4 heteroatoms. The predicted octanol–water partition coefficient (Wildman–Crippen LogP) is 2.39. The van der Waals surface area contributed by atoms with Crippen LogP contribution in [0, 0.1) is 6.92 Å². The Labute approximate surface area is 119 Å². The molecule has 2 aromatic rings. The minimum atomic E-state index is 0.136. The smallest absolute Gasteiger partial charge is 0.210 e. The maximum absolute atomic E-state index is 11.4. The van der Waals surface area contributed by atoms with Crippen LogP contribution in [-0.4, -0.2) is 27.6 Å². The standard InChI is InChI=1S/C16H19N3O/c1-11-15(8-17-18(11)3)16-9-19(10-20)12(2)13-6-4-5-7-14(13)16/h4-8,10,12,16H,9H2,1-3H3/t12-,16-/m0/s1. The van der Waals surface area contributed by atoms with Crippen molar-refractivity contribution in [2.24, 2.45) is 7.05 Å². The van der Waals surface area contributed by atoms with Crippen LogP contribution >= 0.6 is 0 Å². The van der Waals surface area contributed by atoms with Gasteiger partial charge >= 0.3 is 0 Å². The van der Waals surface area contributed by atoms with E-state index < -0.39 is 0 Å². The summed E-state index contributed by atoms with van der Waals surface area (Å²) in [6, 6.07) is 8.54. The summed E-state index contributed by atoms with van der Waals surface area (Å²) < 4.78 is 1.89. The van der Waals surface area contributed by atoms with Gasteiger partial charge in [0.25, 0.3) is 0 Å². The van der Waals surface area contributed by atoms with Crippen LogP contribution in [0.1, 0.15) is 41.3 Å². The quantitative estimate of drug-likeness (QED) is 0.785. The lowest BCUT2D eigenvalue weighted by Crippen LogP contribution is -2.36. The van der Waals surface area contributed by atoms with Crippen molar-refractivity contribution in [2.75, 3.05) is 6.54 Å². The fourth-order valence-corrected chi connectivity index (χ4v) is 3.11. The number of benzene rings is 1. The molecule has 0 aliphatic carbocycles. The van der Waals surface area contributed by atoms with Crippen molar-refractivity contribution in [3.8, 4) is 0 Å². The first-order valence-corrected chi connectivity index (χ1v) is 6.91. The first kappa shape index (κ1) is 12.9. The first-order valence-electron chi connectivity index (χ1n) is 6.91. The lowest BCUT2D eigenvalue weighted by Gasteiger charge is -2.37. The monoisotopic (exact) mass is 269 g/mol. The molecule has 1 aromatic carbocycles. The van der Waals surface area contributed by atoms with Gasteiger partial charge < -0.3 is 4.90 Å². The van der Waals surface area contributed by atoms with Crippen molar-refractivity contribution in [1.82, 2.24) is 14.7 Å². The Morgan fingerprint density at radius 3 is 2.55 bits per heavy atom. The van der Waals surface area contributed by atoms with E-state index >= 15 is 0 Å². The van der Waals surface area contributed by atoms with Crippen molar-refractivity contribution in [3.05, 3.63) is 52.8 Å². The number of fused-ring (bicyclic) bond motifs is 1. The molecule has 4 nitrogen and oxygen atoms in total. The Hall–Kier alpha value is -2.10. The fraction of sp³-hybridized carbons (Fsp3) is 0.375. The average Bonchev–Trinajstić information content (AvgIpc) is 2.80. The van der Waals surface area contributed by atoms with Gasteiger partial charge in [0, 0.05) is 30.8 Å². The molecule has 0 bridgehead atoms. The molecular weight excluding hydrogens is 250 g/mol. The molecule has 104 valence electrons. The molecular formula is C16H19N3O. The van der Waals surface area contributed by atoms with E-state index in [2.05, 4.69) is 37.1 Å². The number of aromatic nitrogens is 2. The summed E-state index contributed by atoms with van der Waals surface area (Å²) in [7, 11) is 1.95. The molecule has 2 atom stereocenters. The average molecular weight is 269 g/mol. The molecule has 3 rings (SSSR count). The topological polar surface area (TPSA) is 38.1 Å². The highest BCUT2D eigenvalue weighted by Gasteiger charge is 2.31. The summed E-state index contributed by atoms with van der Waals surface area (Å²) >= 11 is 0. The van der Waals surface area contributed by atoms with Gasteiger partial charge in [-0.3, -0.25) is 9.48 Å². The lowest BCUT2D eigenvalue weighted by molar-refractivity contribution is -0.120. The number of amides is 1. The fourth-order valence-electron chi connectivity index (χ4n) is 3.11. The molecule has 0 fully saturated rings. The van der Waals surface area contributed by atoms with Crippen molar-refractivity contribution in [3.63, 3.8) is 0 Å². The molecule has 0 radical (unpaired) electrons. The molecule has 1 amide bonds. The maximum atomic E-state index is 11.4. The first-order chi connectivity index (χ1) is 9.63. The van der Waals surface area contributed by atoms with Crippen LogP contribution in [0.5, 0.6) is 0 Å². The third kappa shape index (κ3) is 1.83. The number of aryl methyl sites for hydroxylation is 1. The third-order valence-electron chi connectivity index (χ3n) is 4.50. The number of rotatable bonds is 2. The van der Waals surface area contributed by atoms with E-state index in [0.717, 1.165) is 12.1 Å². The van der Waals surface area contributed by atoms with Gasteiger partial charge in [0.2, 0.25) is 6.41 Å². The molecule has 1 aliphatic rings. The molecule has 0 unspecified atom stereocenters. The second-order valence-electron chi connectivity index (χ2n) is 5.47. The van der Waals surface area contributed by atoms with Gasteiger partial charge in [0.1, 0.15) is 0 Å². The van der Waals surface area contributed by atoms with Crippen molar-refractivity contribution < 1.29 is 4.79 Å². The van der Waals surface area contributed by atoms with Crippen LogP contribution in [0.3, 0.4) is 0 Å². The van der Waals surface area contributed by atoms with Crippen LogP contribution in [0.2, 0.25) is 0 Å². The largest absolute Gasteiger partial charge is 0.338 e. The van der Waals surface area contributed by atoms with Crippen LogP contribution in [0.25, 0.3) is 0 Å². The number of nitrogens with zero attached hydrogens (tertiary/aromatic N) is 3. The normalized spacial score (nSPS) is 21.6. The molecule has 2 heterocycles. The van der Waals surface area contributed by atoms with Gasteiger partial charge in [-0.1, -0.05) is 24.3 Å². The van der Waals surface area contributed by atoms with Crippen molar-refractivity contribution in [1.29, 1.82) is 0 Å². The van der Waals surface area contributed by atoms with Crippen LogP contribution in [0.4, 0.5) is 0 Å². The predicted molar refractivity (Wildman–Crippen MR) is 77.4 cm³/mol. The molecule has 0 saturated heterocycles. The van der Waals surface area contributed by atoms with E-state index in [0.29, 0.717) is 6.54 Å². The molecule has 1 aromatic heterocycles. The van der Waals surface area contributed by atoms with Gasteiger partial charge in [0.05, 0.1) is 12.2 Å². The second kappa shape index (κ2) is 4.78.